The van der Waals surface area contributed by atoms with Crippen LogP contribution in [-0.2, 0) is 0 Å². The molecule has 0 radical (unpaired) electrons. The van der Waals surface area contributed by atoms with E-state index in [0.29, 0.717) is 0 Å². The molecule has 4 heteroatoms. The summed E-state index contributed by atoms with van der Waals surface area (Å²) < 4.78 is 0. The number of anilines is 1. The molecule has 1 aromatic heterocycles. The lowest BCUT2D eigenvalue weighted by atomic mass is 10.1. The van der Waals surface area contributed by atoms with Gasteiger partial charge in [-0.15, -0.1) is 0 Å². The zero-order valence-corrected chi connectivity index (χ0v) is 12.5. The molecule has 0 spiro atoms. The van der Waals surface area contributed by atoms with Crippen molar-refractivity contribution in [3.63, 3.8) is 0 Å². The lowest BCUT2D eigenvalue weighted by Crippen LogP contribution is -1.97. The zero-order valence-electron chi connectivity index (χ0n) is 12.5. The minimum absolute atomic E-state index is 0.243. The fraction of sp³-hybridized carbons (Fsp3) is 0.111. The molecule has 0 unspecified atom stereocenters. The van der Waals surface area contributed by atoms with Crippen molar-refractivity contribution >= 4 is 22.9 Å². The van der Waals surface area contributed by atoms with Crippen LogP contribution in [0, 0.1) is 13.8 Å². The summed E-state index contributed by atoms with van der Waals surface area (Å²) >= 11 is 0. The predicted octanol–water partition coefficient (Wildman–Crippen LogP) is 4.00. The normalized spacial score (nSPS) is 11.2. The second kappa shape index (κ2) is 5.85. The minimum atomic E-state index is 0.243. The Hall–Kier alpha value is -2.88. The molecule has 2 aromatic carbocycles. The average Bonchev–Trinajstić information content (AvgIpc) is 2.50. The fourth-order valence-corrected chi connectivity index (χ4v) is 2.22. The van der Waals surface area contributed by atoms with Crippen LogP contribution in [0.2, 0.25) is 0 Å². The van der Waals surface area contributed by atoms with Crippen molar-refractivity contribution in [1.82, 2.24) is 4.98 Å². The van der Waals surface area contributed by atoms with Crippen LogP contribution < -0.4 is 5.43 Å². The number of pyridine rings is 1. The summed E-state index contributed by atoms with van der Waals surface area (Å²) in [5.74, 6) is 0.987. The first-order valence-corrected chi connectivity index (χ1v) is 7.08. The maximum atomic E-state index is 9.25. The molecule has 3 rings (SSSR count). The van der Waals surface area contributed by atoms with Crippen LogP contribution in [0.5, 0.6) is 5.75 Å². The Bertz CT molecular complexity index is 839. The van der Waals surface area contributed by atoms with Crippen LogP contribution in [0.25, 0.3) is 10.9 Å². The number of phenols is 1. The van der Waals surface area contributed by atoms with Gasteiger partial charge in [0.15, 0.2) is 0 Å². The number of benzene rings is 2. The molecule has 3 aromatic rings. The third-order valence-corrected chi connectivity index (χ3v) is 3.44. The number of nitrogens with zero attached hydrogens (tertiary/aromatic N) is 2. The van der Waals surface area contributed by atoms with Gasteiger partial charge >= 0.3 is 0 Å². The van der Waals surface area contributed by atoms with E-state index in [1.807, 2.05) is 6.92 Å². The average molecular weight is 291 g/mol. The van der Waals surface area contributed by atoms with Crippen LogP contribution in [-0.4, -0.2) is 16.3 Å². The van der Waals surface area contributed by atoms with E-state index in [1.165, 1.54) is 5.56 Å². The Morgan fingerprint density at radius 1 is 1.05 bits per heavy atom. The van der Waals surface area contributed by atoms with Crippen LogP contribution in [0.4, 0.5) is 5.82 Å². The number of hydrogen-bond donors (Lipinski definition) is 2. The Morgan fingerprint density at radius 2 is 1.82 bits per heavy atom. The van der Waals surface area contributed by atoms with Gasteiger partial charge in [-0.25, -0.2) is 4.98 Å². The molecule has 0 amide bonds. The quantitative estimate of drug-likeness (QED) is 0.566. The predicted molar refractivity (Wildman–Crippen MR) is 90.5 cm³/mol. The standard InChI is InChI=1S/C18H17N3O/c1-12-3-6-15-10-13(2)18(20-17(15)9-12)21-19-11-14-4-7-16(22)8-5-14/h3-11,22H,1-2H3,(H,20,21)/b19-11-. The van der Waals surface area contributed by atoms with Crippen LogP contribution in [0.1, 0.15) is 16.7 Å². The monoisotopic (exact) mass is 291 g/mol. The molecule has 1 heterocycles. The van der Waals surface area contributed by atoms with Gasteiger partial charge in [-0.1, -0.05) is 12.1 Å². The number of aromatic hydroxyl groups is 1. The highest BCUT2D eigenvalue weighted by Gasteiger charge is 2.02. The van der Waals surface area contributed by atoms with Gasteiger partial charge in [-0.05, 0) is 66.9 Å². The van der Waals surface area contributed by atoms with Crippen LogP contribution in [0.3, 0.4) is 0 Å². The van der Waals surface area contributed by atoms with Gasteiger partial charge in [0.1, 0.15) is 11.6 Å². The number of fused-ring (bicyclic) bond motifs is 1. The van der Waals surface area contributed by atoms with Gasteiger partial charge in [0, 0.05) is 5.39 Å². The van der Waals surface area contributed by atoms with Gasteiger partial charge in [0.25, 0.3) is 0 Å². The SMILES string of the molecule is Cc1ccc2cc(C)c(N/N=C\c3ccc(O)cc3)nc2c1. The molecular formula is C18H17N3O. The van der Waals surface area contributed by atoms with Gasteiger partial charge in [0.2, 0.25) is 0 Å². The first-order chi connectivity index (χ1) is 10.6. The van der Waals surface area contributed by atoms with E-state index in [4.69, 9.17) is 0 Å². The summed E-state index contributed by atoms with van der Waals surface area (Å²) in [5.41, 5.74) is 7.06. The Balaban J connectivity index is 1.83. The maximum absolute atomic E-state index is 9.25. The summed E-state index contributed by atoms with van der Waals surface area (Å²) in [7, 11) is 0. The summed E-state index contributed by atoms with van der Waals surface area (Å²) in [4.78, 5) is 4.62. The van der Waals surface area contributed by atoms with E-state index >= 15 is 0 Å². The highest BCUT2D eigenvalue weighted by atomic mass is 16.3. The number of phenolic OH excluding ortho intramolecular Hbond substituents is 1. The molecule has 0 aliphatic heterocycles. The number of aromatic nitrogens is 1. The van der Waals surface area contributed by atoms with Crippen molar-refractivity contribution in [2.75, 3.05) is 5.43 Å². The molecule has 0 saturated carbocycles. The largest absolute Gasteiger partial charge is 0.508 e. The molecule has 0 saturated heterocycles. The fourth-order valence-electron chi connectivity index (χ4n) is 2.22. The number of rotatable bonds is 3. The molecule has 4 nitrogen and oxygen atoms in total. The lowest BCUT2D eigenvalue weighted by Gasteiger charge is -2.07. The van der Waals surface area contributed by atoms with E-state index in [1.54, 1.807) is 30.5 Å². The Morgan fingerprint density at radius 3 is 2.59 bits per heavy atom. The second-order valence-electron chi connectivity index (χ2n) is 5.31. The molecule has 0 aliphatic carbocycles. The second-order valence-corrected chi connectivity index (χ2v) is 5.31. The third kappa shape index (κ3) is 3.06. The third-order valence-electron chi connectivity index (χ3n) is 3.44. The van der Waals surface area contributed by atoms with Crippen molar-refractivity contribution in [1.29, 1.82) is 0 Å². The van der Waals surface area contributed by atoms with E-state index in [-0.39, 0.29) is 5.75 Å². The number of hydrogen-bond acceptors (Lipinski definition) is 4. The van der Waals surface area contributed by atoms with Gasteiger partial charge < -0.3 is 5.11 Å². The van der Waals surface area contributed by atoms with Crippen LogP contribution >= 0.6 is 0 Å². The molecule has 0 fully saturated rings. The summed E-state index contributed by atoms with van der Waals surface area (Å²) in [6.07, 6.45) is 1.70. The van der Waals surface area contributed by atoms with Crippen LogP contribution in [0.15, 0.2) is 53.6 Å². The molecular weight excluding hydrogens is 274 g/mol. The molecule has 2 N–H and O–H groups in total. The molecule has 0 aliphatic rings. The molecule has 22 heavy (non-hydrogen) atoms. The summed E-state index contributed by atoms with van der Waals surface area (Å²) in [5, 5.41) is 14.6. The van der Waals surface area contributed by atoms with E-state index in [9.17, 15) is 5.11 Å². The molecule has 110 valence electrons. The van der Waals surface area contributed by atoms with E-state index in [2.05, 4.69) is 46.7 Å². The van der Waals surface area contributed by atoms with Crippen molar-refractivity contribution < 1.29 is 5.11 Å². The Labute approximate surface area is 129 Å². The van der Waals surface area contributed by atoms with E-state index in [0.717, 1.165) is 27.8 Å². The summed E-state index contributed by atoms with van der Waals surface area (Å²) in [6, 6.07) is 15.2. The molecule has 0 atom stereocenters. The number of nitrogens with one attached hydrogen (secondary N) is 1. The molecule has 0 bridgehead atoms. The number of hydrazone groups is 1. The topological polar surface area (TPSA) is 57.5 Å². The van der Waals surface area contributed by atoms with Gasteiger partial charge in [0.05, 0.1) is 11.7 Å². The number of aryl methyl sites for hydroxylation is 2. The highest BCUT2D eigenvalue weighted by Crippen LogP contribution is 2.20. The first kappa shape index (κ1) is 14.1. The Kier molecular flexibility index (Phi) is 3.74. The zero-order chi connectivity index (χ0) is 15.5. The first-order valence-electron chi connectivity index (χ1n) is 7.08. The van der Waals surface area contributed by atoms with E-state index < -0.39 is 0 Å². The smallest absolute Gasteiger partial charge is 0.149 e. The highest BCUT2D eigenvalue weighted by molar-refractivity contribution is 5.83. The van der Waals surface area contributed by atoms with Crippen molar-refractivity contribution in [2.45, 2.75) is 13.8 Å². The van der Waals surface area contributed by atoms with Gasteiger partial charge in [-0.2, -0.15) is 5.10 Å². The summed E-state index contributed by atoms with van der Waals surface area (Å²) in [6.45, 7) is 4.06. The van der Waals surface area contributed by atoms with Gasteiger partial charge in [-0.3, -0.25) is 5.43 Å². The van der Waals surface area contributed by atoms with Crippen molar-refractivity contribution in [2.24, 2.45) is 5.10 Å². The lowest BCUT2D eigenvalue weighted by molar-refractivity contribution is 0.475. The van der Waals surface area contributed by atoms with Crippen molar-refractivity contribution in [3.05, 3.63) is 65.2 Å². The minimum Gasteiger partial charge on any atom is -0.508 e. The maximum Gasteiger partial charge on any atom is 0.149 e. The van der Waals surface area contributed by atoms with Crippen molar-refractivity contribution in [3.8, 4) is 5.75 Å².